The van der Waals surface area contributed by atoms with Crippen LogP contribution in [0.25, 0.3) is 0 Å². The van der Waals surface area contributed by atoms with Gasteiger partial charge < -0.3 is 10.5 Å². The van der Waals surface area contributed by atoms with Gasteiger partial charge in [0.15, 0.2) is 0 Å². The Hall–Kier alpha value is -1.65. The molecular formula is C11H16N4O. The van der Waals surface area contributed by atoms with E-state index in [-0.39, 0.29) is 5.84 Å². The third-order valence-electron chi connectivity index (χ3n) is 2.83. The summed E-state index contributed by atoms with van der Waals surface area (Å²) in [7, 11) is 0. The quantitative estimate of drug-likeness (QED) is 0.592. The van der Waals surface area contributed by atoms with Crippen LogP contribution in [0.5, 0.6) is 6.01 Å². The molecule has 1 aromatic heterocycles. The number of hydrogen-bond donors (Lipinski definition) is 2. The highest BCUT2D eigenvalue weighted by Gasteiger charge is 2.16. The van der Waals surface area contributed by atoms with Gasteiger partial charge >= 0.3 is 6.01 Å². The number of nitrogen functional groups attached to an aromatic ring is 1. The first-order valence-electron chi connectivity index (χ1n) is 5.56. The Morgan fingerprint density at radius 1 is 1.50 bits per heavy atom. The standard InChI is InChI=1S/C11H16N4O/c12-10(13)9-5-6-14-11(15-9)16-7-8-3-1-2-4-8/h5-6,8H,1-4,7H2,(H3,12,13). The summed E-state index contributed by atoms with van der Waals surface area (Å²) in [6.07, 6.45) is 6.61. The maximum absolute atomic E-state index is 7.26. The molecule has 1 saturated carbocycles. The molecule has 5 nitrogen and oxygen atoms in total. The summed E-state index contributed by atoms with van der Waals surface area (Å²) in [4.78, 5) is 8.05. The van der Waals surface area contributed by atoms with Crippen LogP contribution in [-0.4, -0.2) is 22.4 Å². The first kappa shape index (κ1) is 10.9. The predicted molar refractivity (Wildman–Crippen MR) is 60.5 cm³/mol. The molecule has 0 radical (unpaired) electrons. The number of aromatic nitrogens is 2. The number of nitrogens with two attached hydrogens (primary N) is 1. The second kappa shape index (κ2) is 4.92. The Balaban J connectivity index is 1.93. The molecule has 0 unspecified atom stereocenters. The summed E-state index contributed by atoms with van der Waals surface area (Å²) in [5.41, 5.74) is 5.75. The lowest BCUT2D eigenvalue weighted by atomic mass is 10.1. The Labute approximate surface area is 94.6 Å². The molecule has 0 aliphatic heterocycles. The first-order chi connectivity index (χ1) is 7.75. The minimum atomic E-state index is -0.0619. The van der Waals surface area contributed by atoms with Gasteiger partial charge in [0.05, 0.1) is 6.61 Å². The van der Waals surface area contributed by atoms with Gasteiger partial charge in [-0.05, 0) is 24.8 Å². The Morgan fingerprint density at radius 2 is 2.25 bits per heavy atom. The van der Waals surface area contributed by atoms with E-state index >= 15 is 0 Å². The number of nitrogens with one attached hydrogen (secondary N) is 1. The van der Waals surface area contributed by atoms with Crippen molar-refractivity contribution in [2.75, 3.05) is 6.61 Å². The second-order valence-electron chi connectivity index (χ2n) is 4.10. The molecule has 0 amide bonds. The topological polar surface area (TPSA) is 84.9 Å². The van der Waals surface area contributed by atoms with E-state index in [0.717, 1.165) is 0 Å². The molecule has 1 fully saturated rings. The average molecular weight is 220 g/mol. The molecule has 1 aromatic rings. The van der Waals surface area contributed by atoms with Crippen LogP contribution >= 0.6 is 0 Å². The van der Waals surface area contributed by atoms with E-state index in [9.17, 15) is 0 Å². The molecule has 0 atom stereocenters. The number of rotatable bonds is 4. The zero-order valence-corrected chi connectivity index (χ0v) is 9.15. The molecular weight excluding hydrogens is 204 g/mol. The minimum absolute atomic E-state index is 0.0619. The van der Waals surface area contributed by atoms with E-state index in [1.165, 1.54) is 25.7 Å². The Kier molecular flexibility index (Phi) is 3.34. The highest BCUT2D eigenvalue weighted by Crippen LogP contribution is 2.24. The van der Waals surface area contributed by atoms with Gasteiger partial charge in [0.25, 0.3) is 0 Å². The number of nitrogens with zero attached hydrogens (tertiary/aromatic N) is 2. The molecule has 0 spiro atoms. The van der Waals surface area contributed by atoms with Crippen LogP contribution in [0.2, 0.25) is 0 Å². The molecule has 16 heavy (non-hydrogen) atoms. The van der Waals surface area contributed by atoms with Crippen LogP contribution in [0.15, 0.2) is 12.3 Å². The first-order valence-corrected chi connectivity index (χ1v) is 5.56. The van der Waals surface area contributed by atoms with Crippen LogP contribution in [0.4, 0.5) is 0 Å². The highest BCUT2D eigenvalue weighted by atomic mass is 16.5. The molecule has 2 rings (SSSR count). The van der Waals surface area contributed by atoms with Crippen molar-refractivity contribution >= 4 is 5.84 Å². The lowest BCUT2D eigenvalue weighted by Crippen LogP contribution is -2.15. The van der Waals surface area contributed by atoms with Gasteiger partial charge in [-0.2, -0.15) is 4.98 Å². The van der Waals surface area contributed by atoms with E-state index < -0.39 is 0 Å². The summed E-state index contributed by atoms with van der Waals surface area (Å²) in [6.45, 7) is 0.668. The number of amidine groups is 1. The molecule has 1 heterocycles. The van der Waals surface area contributed by atoms with E-state index in [2.05, 4.69) is 9.97 Å². The summed E-state index contributed by atoms with van der Waals surface area (Å²) in [5, 5.41) is 7.26. The van der Waals surface area contributed by atoms with Crippen LogP contribution < -0.4 is 10.5 Å². The minimum Gasteiger partial charge on any atom is -0.463 e. The van der Waals surface area contributed by atoms with Crippen molar-refractivity contribution in [3.8, 4) is 6.01 Å². The monoisotopic (exact) mass is 220 g/mol. The lowest BCUT2D eigenvalue weighted by Gasteiger charge is -2.09. The molecule has 5 heteroatoms. The second-order valence-corrected chi connectivity index (χ2v) is 4.10. The Morgan fingerprint density at radius 3 is 2.94 bits per heavy atom. The maximum Gasteiger partial charge on any atom is 0.317 e. The molecule has 0 aromatic carbocycles. The number of ether oxygens (including phenoxy) is 1. The molecule has 0 bridgehead atoms. The summed E-state index contributed by atoms with van der Waals surface area (Å²) in [5.74, 6) is 0.567. The van der Waals surface area contributed by atoms with Crippen molar-refractivity contribution in [2.45, 2.75) is 25.7 Å². The van der Waals surface area contributed by atoms with Crippen molar-refractivity contribution in [2.24, 2.45) is 11.7 Å². The zero-order chi connectivity index (χ0) is 11.4. The van der Waals surface area contributed by atoms with E-state index in [0.29, 0.717) is 24.2 Å². The zero-order valence-electron chi connectivity index (χ0n) is 9.15. The van der Waals surface area contributed by atoms with Gasteiger partial charge in [0.1, 0.15) is 11.5 Å². The van der Waals surface area contributed by atoms with Gasteiger partial charge in [-0.25, -0.2) is 4.98 Å². The SMILES string of the molecule is N=C(N)c1ccnc(OCC2CCCC2)n1. The van der Waals surface area contributed by atoms with Crippen molar-refractivity contribution in [3.63, 3.8) is 0 Å². The van der Waals surface area contributed by atoms with Crippen molar-refractivity contribution < 1.29 is 4.74 Å². The molecule has 3 N–H and O–H groups in total. The van der Waals surface area contributed by atoms with Gasteiger partial charge in [0.2, 0.25) is 0 Å². The maximum atomic E-state index is 7.26. The van der Waals surface area contributed by atoms with Gasteiger partial charge in [-0.15, -0.1) is 0 Å². The van der Waals surface area contributed by atoms with E-state index in [4.69, 9.17) is 15.9 Å². The predicted octanol–water partition coefficient (Wildman–Crippen LogP) is 1.33. The molecule has 86 valence electrons. The fraction of sp³-hybridized carbons (Fsp3) is 0.545. The smallest absolute Gasteiger partial charge is 0.317 e. The molecule has 1 aliphatic carbocycles. The lowest BCUT2D eigenvalue weighted by molar-refractivity contribution is 0.234. The van der Waals surface area contributed by atoms with Gasteiger partial charge in [-0.3, -0.25) is 5.41 Å². The Bertz CT molecular complexity index is 374. The molecule has 0 saturated heterocycles. The number of hydrogen-bond acceptors (Lipinski definition) is 4. The third kappa shape index (κ3) is 2.68. The highest BCUT2D eigenvalue weighted by molar-refractivity contribution is 5.92. The summed E-state index contributed by atoms with van der Waals surface area (Å²) < 4.78 is 5.51. The van der Waals surface area contributed by atoms with Gasteiger partial charge in [-0.1, -0.05) is 12.8 Å². The summed E-state index contributed by atoms with van der Waals surface area (Å²) in [6, 6.07) is 1.92. The van der Waals surface area contributed by atoms with Gasteiger partial charge in [0, 0.05) is 6.20 Å². The van der Waals surface area contributed by atoms with E-state index in [1.54, 1.807) is 12.3 Å². The largest absolute Gasteiger partial charge is 0.463 e. The van der Waals surface area contributed by atoms with Crippen molar-refractivity contribution in [1.82, 2.24) is 9.97 Å². The fourth-order valence-corrected chi connectivity index (χ4v) is 1.93. The molecule has 1 aliphatic rings. The van der Waals surface area contributed by atoms with Crippen LogP contribution in [0.3, 0.4) is 0 Å². The fourth-order valence-electron chi connectivity index (χ4n) is 1.93. The third-order valence-corrected chi connectivity index (χ3v) is 2.83. The van der Waals surface area contributed by atoms with Crippen molar-refractivity contribution in [3.05, 3.63) is 18.0 Å². The average Bonchev–Trinajstić information content (AvgIpc) is 2.79. The van der Waals surface area contributed by atoms with Crippen LogP contribution in [0, 0.1) is 11.3 Å². The normalized spacial score (nSPS) is 16.2. The summed E-state index contributed by atoms with van der Waals surface area (Å²) >= 11 is 0. The van der Waals surface area contributed by atoms with Crippen molar-refractivity contribution in [1.29, 1.82) is 5.41 Å². The van der Waals surface area contributed by atoms with Crippen LogP contribution in [0.1, 0.15) is 31.4 Å². The van der Waals surface area contributed by atoms with Crippen LogP contribution in [-0.2, 0) is 0 Å². The van der Waals surface area contributed by atoms with E-state index in [1.807, 2.05) is 0 Å².